The number of hydrogen-bond donors (Lipinski definition) is 0. The van der Waals surface area contributed by atoms with Crippen LogP contribution in [0.25, 0.3) is 22.3 Å². The lowest BCUT2D eigenvalue weighted by molar-refractivity contribution is 0.0511. The minimum absolute atomic E-state index is 0.298. The van der Waals surface area contributed by atoms with E-state index in [4.69, 9.17) is 9.84 Å². The zero-order valence-electron chi connectivity index (χ0n) is 18.1. The van der Waals surface area contributed by atoms with E-state index in [2.05, 4.69) is 8.75 Å². The van der Waals surface area contributed by atoms with Crippen molar-refractivity contribution < 1.29 is 9.53 Å². The molecule has 7 heteroatoms. The van der Waals surface area contributed by atoms with Crippen LogP contribution in [0.2, 0.25) is 0 Å². The Morgan fingerprint density at radius 1 is 0.909 bits per heavy atom. The smallest absolute Gasteiger partial charge is 0.356 e. The molecule has 0 bridgehead atoms. The van der Waals surface area contributed by atoms with Gasteiger partial charge in [0.1, 0.15) is 11.0 Å². The number of esters is 1. The van der Waals surface area contributed by atoms with Crippen LogP contribution in [0.3, 0.4) is 0 Å². The van der Waals surface area contributed by atoms with Crippen LogP contribution in [-0.4, -0.2) is 31.1 Å². The van der Waals surface area contributed by atoms with Crippen molar-refractivity contribution in [1.29, 1.82) is 0 Å². The highest BCUT2D eigenvalue weighted by molar-refractivity contribution is 7.00. The molecule has 0 saturated carbocycles. The Morgan fingerprint density at radius 2 is 1.64 bits per heavy atom. The van der Waals surface area contributed by atoms with E-state index in [9.17, 15) is 4.79 Å². The number of carbonyl (C=O) groups excluding carboxylic acids is 1. The minimum Gasteiger partial charge on any atom is -0.461 e. The Balaban J connectivity index is 1.66. The summed E-state index contributed by atoms with van der Waals surface area (Å²) in [7, 11) is 0. The molecule has 6 nitrogen and oxygen atoms in total. The molecule has 3 aromatic carbocycles. The SMILES string of the molecule is CCOC(=O)c1c(Cc2ccc3nsnc3c2)c(-c2ccccc2)nn1Cc1ccccc1. The Labute approximate surface area is 195 Å². The molecule has 164 valence electrons. The van der Waals surface area contributed by atoms with Crippen LogP contribution in [0.4, 0.5) is 0 Å². The van der Waals surface area contributed by atoms with Crippen molar-refractivity contribution >= 4 is 28.7 Å². The zero-order valence-corrected chi connectivity index (χ0v) is 19.0. The van der Waals surface area contributed by atoms with Crippen LogP contribution in [-0.2, 0) is 17.7 Å². The topological polar surface area (TPSA) is 69.9 Å². The van der Waals surface area contributed by atoms with Crippen LogP contribution in [0.15, 0.2) is 78.9 Å². The summed E-state index contributed by atoms with van der Waals surface area (Å²) in [6.07, 6.45) is 0.528. The highest BCUT2D eigenvalue weighted by Gasteiger charge is 2.26. The standard InChI is InChI=1S/C26H22N4O2S/c1-2-32-26(31)25-21(15-19-13-14-22-23(16-19)29-33-28-22)24(20-11-7-4-8-12-20)27-30(25)17-18-9-5-3-6-10-18/h3-14,16H,2,15,17H2,1H3. The number of hydrogen-bond acceptors (Lipinski definition) is 6. The maximum Gasteiger partial charge on any atom is 0.356 e. The molecule has 2 heterocycles. The van der Waals surface area contributed by atoms with Crippen molar-refractivity contribution in [1.82, 2.24) is 18.5 Å². The average molecular weight is 455 g/mol. The van der Waals surface area contributed by atoms with E-state index in [1.165, 1.54) is 11.7 Å². The van der Waals surface area contributed by atoms with Crippen molar-refractivity contribution in [3.05, 3.63) is 101 Å². The van der Waals surface area contributed by atoms with Crippen molar-refractivity contribution in [2.75, 3.05) is 6.61 Å². The predicted molar refractivity (Wildman–Crippen MR) is 129 cm³/mol. The lowest BCUT2D eigenvalue weighted by Gasteiger charge is -2.10. The fraction of sp³-hybridized carbons (Fsp3) is 0.154. The van der Waals surface area contributed by atoms with Gasteiger partial charge in [0.2, 0.25) is 0 Å². The van der Waals surface area contributed by atoms with Gasteiger partial charge in [-0.2, -0.15) is 13.8 Å². The van der Waals surface area contributed by atoms with Gasteiger partial charge in [-0.1, -0.05) is 66.7 Å². The number of rotatable bonds is 7. The van der Waals surface area contributed by atoms with Gasteiger partial charge in [-0.05, 0) is 30.2 Å². The number of aromatic nitrogens is 4. The first-order chi connectivity index (χ1) is 16.2. The summed E-state index contributed by atoms with van der Waals surface area (Å²) >= 11 is 1.20. The highest BCUT2D eigenvalue weighted by Crippen LogP contribution is 2.30. The summed E-state index contributed by atoms with van der Waals surface area (Å²) in [5, 5.41) is 4.92. The summed E-state index contributed by atoms with van der Waals surface area (Å²) in [6, 6.07) is 26.0. The van der Waals surface area contributed by atoms with Crippen LogP contribution < -0.4 is 0 Å². The van der Waals surface area contributed by atoms with E-state index >= 15 is 0 Å². The van der Waals surface area contributed by atoms with Crippen LogP contribution in [0.1, 0.15) is 34.1 Å². The van der Waals surface area contributed by atoms with Crippen molar-refractivity contribution in [3.63, 3.8) is 0 Å². The summed E-state index contributed by atoms with van der Waals surface area (Å²) in [4.78, 5) is 13.2. The lowest BCUT2D eigenvalue weighted by atomic mass is 9.98. The molecule has 0 unspecified atom stereocenters. The van der Waals surface area contributed by atoms with Crippen molar-refractivity contribution in [2.45, 2.75) is 19.9 Å². The first kappa shape index (κ1) is 21.0. The van der Waals surface area contributed by atoms with Gasteiger partial charge in [-0.15, -0.1) is 0 Å². The monoisotopic (exact) mass is 454 g/mol. The molecule has 5 aromatic rings. The molecule has 0 radical (unpaired) electrons. The molecule has 0 saturated heterocycles. The van der Waals surface area contributed by atoms with Gasteiger partial charge in [0, 0.05) is 17.5 Å². The Bertz CT molecular complexity index is 1390. The molecule has 0 fully saturated rings. The van der Waals surface area contributed by atoms with Crippen LogP contribution >= 0.6 is 11.7 Å². The fourth-order valence-electron chi connectivity index (χ4n) is 3.94. The molecule has 0 aliphatic carbocycles. The summed E-state index contributed by atoms with van der Waals surface area (Å²) < 4.78 is 15.9. The van der Waals surface area contributed by atoms with Gasteiger partial charge in [0.25, 0.3) is 0 Å². The molecule has 5 rings (SSSR count). The van der Waals surface area contributed by atoms with E-state index < -0.39 is 0 Å². The number of benzene rings is 3. The number of carbonyl (C=O) groups is 1. The first-order valence-corrected chi connectivity index (χ1v) is 11.5. The second-order valence-corrected chi connectivity index (χ2v) is 8.20. The van der Waals surface area contributed by atoms with Gasteiger partial charge < -0.3 is 4.74 Å². The molecule has 0 amide bonds. The molecule has 0 atom stereocenters. The van der Waals surface area contributed by atoms with Gasteiger partial charge in [-0.25, -0.2) is 4.79 Å². The Hall–Kier alpha value is -3.84. The normalized spacial score (nSPS) is 11.1. The molecule has 0 spiro atoms. The number of ether oxygens (including phenoxy) is 1. The predicted octanol–water partition coefficient (Wildman–Crippen LogP) is 5.37. The van der Waals surface area contributed by atoms with Gasteiger partial charge in [0.05, 0.1) is 30.6 Å². The van der Waals surface area contributed by atoms with Crippen molar-refractivity contribution in [3.8, 4) is 11.3 Å². The summed E-state index contributed by atoms with van der Waals surface area (Å²) in [5.74, 6) is -0.366. The van der Waals surface area contributed by atoms with Crippen LogP contribution in [0.5, 0.6) is 0 Å². The highest BCUT2D eigenvalue weighted by atomic mass is 32.1. The maximum absolute atomic E-state index is 13.2. The molecular formula is C26H22N4O2S. The van der Waals surface area contributed by atoms with E-state index in [0.29, 0.717) is 25.3 Å². The third-order valence-electron chi connectivity index (χ3n) is 5.44. The Morgan fingerprint density at radius 3 is 2.39 bits per heavy atom. The molecule has 0 aliphatic rings. The second kappa shape index (κ2) is 9.34. The van der Waals surface area contributed by atoms with E-state index in [0.717, 1.165) is 39.0 Å². The Kier molecular flexibility index (Phi) is 5.95. The molecule has 2 aromatic heterocycles. The summed E-state index contributed by atoms with van der Waals surface area (Å²) in [5.41, 5.74) is 6.90. The third kappa shape index (κ3) is 4.40. The van der Waals surface area contributed by atoms with Crippen molar-refractivity contribution in [2.24, 2.45) is 0 Å². The van der Waals surface area contributed by atoms with Gasteiger partial charge in [-0.3, -0.25) is 4.68 Å². The van der Waals surface area contributed by atoms with Gasteiger partial charge in [0.15, 0.2) is 5.69 Å². The van der Waals surface area contributed by atoms with Gasteiger partial charge >= 0.3 is 5.97 Å². The van der Waals surface area contributed by atoms with E-state index in [-0.39, 0.29) is 5.97 Å². The average Bonchev–Trinajstić information content (AvgIpc) is 3.45. The lowest BCUT2D eigenvalue weighted by Crippen LogP contribution is -2.16. The molecular weight excluding hydrogens is 432 g/mol. The molecule has 0 N–H and O–H groups in total. The van der Waals surface area contributed by atoms with E-state index in [1.54, 1.807) is 4.68 Å². The maximum atomic E-state index is 13.2. The molecule has 0 aliphatic heterocycles. The quantitative estimate of drug-likeness (QED) is 0.309. The van der Waals surface area contributed by atoms with Crippen LogP contribution in [0, 0.1) is 0 Å². The van der Waals surface area contributed by atoms with E-state index in [1.807, 2.05) is 85.8 Å². The third-order valence-corrected chi connectivity index (χ3v) is 6.00. The zero-order chi connectivity index (χ0) is 22.6. The number of nitrogens with zero attached hydrogens (tertiary/aromatic N) is 4. The second-order valence-electron chi connectivity index (χ2n) is 7.67. The largest absolute Gasteiger partial charge is 0.461 e. The first-order valence-electron chi connectivity index (χ1n) is 10.8. The summed E-state index contributed by atoms with van der Waals surface area (Å²) in [6.45, 7) is 2.59. The molecule has 33 heavy (non-hydrogen) atoms. The minimum atomic E-state index is -0.366. The number of fused-ring (bicyclic) bond motifs is 1. The fourth-order valence-corrected chi connectivity index (χ4v) is 4.45.